The predicted molar refractivity (Wildman–Crippen MR) is 122 cm³/mol. The second kappa shape index (κ2) is 8.90. The molecule has 32 heavy (non-hydrogen) atoms. The number of hydrogen-bond acceptors (Lipinski definition) is 4. The molecule has 7 heteroatoms. The lowest BCUT2D eigenvalue weighted by molar-refractivity contribution is 0.0766. The van der Waals surface area contributed by atoms with Crippen LogP contribution in [0.1, 0.15) is 53.8 Å². The normalized spacial score (nSPS) is 17.8. The molecule has 0 radical (unpaired) electrons. The number of hydrogen-bond donors (Lipinski definition) is 0. The second-order valence-corrected chi connectivity index (χ2v) is 8.73. The molecule has 0 N–H and O–H groups in total. The smallest absolute Gasteiger partial charge is 0.256 e. The Morgan fingerprint density at radius 1 is 1.19 bits per heavy atom. The fourth-order valence-corrected chi connectivity index (χ4v) is 5.01. The third-order valence-electron chi connectivity index (χ3n) is 6.80. The standard InChI is InChI=1S/C25H29FN4O2/c1-2-29-16-10-20-22(29)5-3-12-30(25(20)31)13-4-11-28-14-8-18(9-15-28)24-21-7-6-19(26)17-23(21)32-27-24/h3,5-7,10,16-18H,2,4,8-9,11-15H2,1H3. The summed E-state index contributed by atoms with van der Waals surface area (Å²) in [7, 11) is 0. The molecular formula is C25H29FN4O2. The van der Waals surface area contributed by atoms with E-state index >= 15 is 0 Å². The zero-order valence-electron chi connectivity index (χ0n) is 18.5. The minimum absolute atomic E-state index is 0.130. The first-order chi connectivity index (χ1) is 15.6. The van der Waals surface area contributed by atoms with E-state index in [4.69, 9.17) is 4.52 Å². The fraction of sp³-hybridized carbons (Fsp3) is 0.440. The van der Waals surface area contributed by atoms with Crippen LogP contribution in [0.2, 0.25) is 0 Å². The average molecular weight is 437 g/mol. The highest BCUT2D eigenvalue weighted by Gasteiger charge is 2.26. The highest BCUT2D eigenvalue weighted by molar-refractivity contribution is 5.98. The number of likely N-dealkylation sites (tertiary alicyclic amines) is 1. The van der Waals surface area contributed by atoms with Crippen molar-refractivity contribution in [1.29, 1.82) is 0 Å². The van der Waals surface area contributed by atoms with Crippen LogP contribution in [0.15, 0.2) is 41.1 Å². The number of benzene rings is 1. The topological polar surface area (TPSA) is 54.5 Å². The lowest BCUT2D eigenvalue weighted by Gasteiger charge is -2.31. The first-order valence-corrected chi connectivity index (χ1v) is 11.6. The van der Waals surface area contributed by atoms with Crippen LogP contribution in [0, 0.1) is 5.82 Å². The third-order valence-corrected chi connectivity index (χ3v) is 6.80. The van der Waals surface area contributed by atoms with E-state index in [-0.39, 0.29) is 11.7 Å². The number of carbonyl (C=O) groups is 1. The van der Waals surface area contributed by atoms with Gasteiger partial charge < -0.3 is 18.9 Å². The van der Waals surface area contributed by atoms with Gasteiger partial charge >= 0.3 is 0 Å². The van der Waals surface area contributed by atoms with E-state index in [9.17, 15) is 9.18 Å². The van der Waals surface area contributed by atoms with Crippen molar-refractivity contribution >= 4 is 23.0 Å². The number of aryl methyl sites for hydroxylation is 1. The van der Waals surface area contributed by atoms with Crippen molar-refractivity contribution < 1.29 is 13.7 Å². The molecule has 168 valence electrons. The van der Waals surface area contributed by atoms with Crippen molar-refractivity contribution in [3.63, 3.8) is 0 Å². The van der Waals surface area contributed by atoms with Crippen molar-refractivity contribution in [2.75, 3.05) is 32.7 Å². The molecule has 2 aliphatic heterocycles. The average Bonchev–Trinajstić information content (AvgIpc) is 3.37. The summed E-state index contributed by atoms with van der Waals surface area (Å²) in [6.07, 6.45) is 9.14. The SMILES string of the molecule is CCn1ccc2c1C=CCN(CCCN1CCC(c3noc4cc(F)ccc34)CC1)C2=O. The zero-order chi connectivity index (χ0) is 22.1. The molecule has 1 saturated heterocycles. The molecule has 2 aliphatic rings. The van der Waals surface area contributed by atoms with E-state index in [1.807, 2.05) is 17.2 Å². The number of fused-ring (bicyclic) bond motifs is 2. The van der Waals surface area contributed by atoms with E-state index in [0.717, 1.165) is 74.3 Å². The van der Waals surface area contributed by atoms with E-state index in [1.165, 1.54) is 12.1 Å². The third kappa shape index (κ3) is 3.97. The zero-order valence-corrected chi connectivity index (χ0v) is 18.5. The van der Waals surface area contributed by atoms with Gasteiger partial charge in [0.15, 0.2) is 5.58 Å². The molecule has 1 amide bonds. The largest absolute Gasteiger partial charge is 0.356 e. The maximum absolute atomic E-state index is 13.4. The molecule has 1 aromatic carbocycles. The van der Waals surface area contributed by atoms with Crippen LogP contribution in [-0.4, -0.2) is 58.2 Å². The summed E-state index contributed by atoms with van der Waals surface area (Å²) in [6.45, 7) is 7.36. The lowest BCUT2D eigenvalue weighted by Crippen LogP contribution is -2.37. The van der Waals surface area contributed by atoms with Gasteiger partial charge in [0.2, 0.25) is 0 Å². The van der Waals surface area contributed by atoms with Crippen molar-refractivity contribution in [2.45, 2.75) is 38.6 Å². The molecule has 5 rings (SSSR count). The summed E-state index contributed by atoms with van der Waals surface area (Å²) in [5, 5.41) is 5.16. The van der Waals surface area contributed by atoms with Gasteiger partial charge in [-0.3, -0.25) is 4.79 Å². The molecule has 0 atom stereocenters. The maximum atomic E-state index is 13.4. The van der Waals surface area contributed by atoms with Crippen LogP contribution < -0.4 is 0 Å². The Hall–Kier alpha value is -2.93. The molecule has 0 saturated carbocycles. The van der Waals surface area contributed by atoms with Gasteiger partial charge in [0, 0.05) is 43.2 Å². The first kappa shape index (κ1) is 20.9. The number of piperidine rings is 1. The number of halogens is 1. The summed E-state index contributed by atoms with van der Waals surface area (Å²) in [6, 6.07) is 6.59. The molecule has 0 aliphatic carbocycles. The molecule has 6 nitrogen and oxygen atoms in total. The van der Waals surface area contributed by atoms with Gasteiger partial charge in [-0.25, -0.2) is 4.39 Å². The van der Waals surface area contributed by atoms with Crippen LogP contribution in [0.4, 0.5) is 4.39 Å². The summed E-state index contributed by atoms with van der Waals surface area (Å²) in [5.74, 6) is 0.175. The second-order valence-electron chi connectivity index (χ2n) is 8.73. The van der Waals surface area contributed by atoms with Crippen LogP contribution in [-0.2, 0) is 6.54 Å². The Balaban J connectivity index is 1.13. The Bertz CT molecular complexity index is 1140. The molecule has 0 bridgehead atoms. The van der Waals surface area contributed by atoms with Crippen LogP contribution in [0.25, 0.3) is 17.0 Å². The summed E-state index contributed by atoms with van der Waals surface area (Å²) < 4.78 is 20.9. The molecule has 0 spiro atoms. The van der Waals surface area contributed by atoms with Gasteiger partial charge in [-0.15, -0.1) is 0 Å². The Morgan fingerprint density at radius 3 is 2.84 bits per heavy atom. The number of aromatic nitrogens is 2. The molecule has 3 aromatic rings. The van der Waals surface area contributed by atoms with Crippen LogP contribution >= 0.6 is 0 Å². The molecule has 2 aromatic heterocycles. The number of nitrogens with zero attached hydrogens (tertiary/aromatic N) is 4. The quantitative estimate of drug-likeness (QED) is 0.570. The van der Waals surface area contributed by atoms with Crippen molar-refractivity contribution in [3.05, 3.63) is 59.3 Å². The van der Waals surface area contributed by atoms with E-state index in [2.05, 4.69) is 33.7 Å². The summed E-state index contributed by atoms with van der Waals surface area (Å²) in [4.78, 5) is 17.4. The molecule has 4 heterocycles. The maximum Gasteiger partial charge on any atom is 0.256 e. The minimum Gasteiger partial charge on any atom is -0.356 e. The Labute approximate surface area is 187 Å². The number of rotatable bonds is 6. The Kier molecular flexibility index (Phi) is 5.83. The molecular weight excluding hydrogens is 407 g/mol. The summed E-state index contributed by atoms with van der Waals surface area (Å²) >= 11 is 0. The highest BCUT2D eigenvalue weighted by atomic mass is 19.1. The fourth-order valence-electron chi connectivity index (χ4n) is 5.01. The Morgan fingerprint density at radius 2 is 2.03 bits per heavy atom. The van der Waals surface area contributed by atoms with Gasteiger partial charge in [0.25, 0.3) is 5.91 Å². The van der Waals surface area contributed by atoms with Gasteiger partial charge in [0.1, 0.15) is 5.82 Å². The number of carbonyl (C=O) groups excluding carboxylic acids is 1. The van der Waals surface area contributed by atoms with Crippen LogP contribution in [0.5, 0.6) is 0 Å². The van der Waals surface area contributed by atoms with E-state index in [1.54, 1.807) is 6.07 Å². The van der Waals surface area contributed by atoms with Crippen LogP contribution in [0.3, 0.4) is 0 Å². The lowest BCUT2D eigenvalue weighted by atomic mass is 9.91. The first-order valence-electron chi connectivity index (χ1n) is 11.6. The monoisotopic (exact) mass is 436 g/mol. The number of amides is 1. The highest BCUT2D eigenvalue weighted by Crippen LogP contribution is 2.32. The van der Waals surface area contributed by atoms with Gasteiger partial charge in [0.05, 0.1) is 17.0 Å². The van der Waals surface area contributed by atoms with E-state index < -0.39 is 0 Å². The minimum atomic E-state index is -0.299. The van der Waals surface area contributed by atoms with Gasteiger partial charge in [-0.1, -0.05) is 11.2 Å². The van der Waals surface area contributed by atoms with Gasteiger partial charge in [-0.2, -0.15) is 0 Å². The summed E-state index contributed by atoms with van der Waals surface area (Å²) in [5.41, 5.74) is 3.30. The predicted octanol–water partition coefficient (Wildman–Crippen LogP) is 4.53. The molecule has 1 fully saturated rings. The van der Waals surface area contributed by atoms with Crippen molar-refractivity contribution in [3.8, 4) is 0 Å². The van der Waals surface area contributed by atoms with E-state index in [0.29, 0.717) is 18.0 Å². The molecule has 0 unspecified atom stereocenters. The van der Waals surface area contributed by atoms with Crippen molar-refractivity contribution in [1.82, 2.24) is 19.5 Å². The van der Waals surface area contributed by atoms with Crippen molar-refractivity contribution in [2.24, 2.45) is 0 Å². The van der Waals surface area contributed by atoms with Gasteiger partial charge in [-0.05, 0) is 70.1 Å².